The van der Waals surface area contributed by atoms with E-state index in [2.05, 4.69) is 24.4 Å². The van der Waals surface area contributed by atoms with Crippen LogP contribution < -0.4 is 9.62 Å². The minimum absolute atomic E-state index is 0.00587. The molecule has 0 unspecified atom stereocenters. The first-order valence-electron chi connectivity index (χ1n) is 10.6. The lowest BCUT2D eigenvalue weighted by molar-refractivity contribution is -0.119. The Morgan fingerprint density at radius 1 is 0.970 bits per heavy atom. The van der Waals surface area contributed by atoms with Crippen LogP contribution in [-0.4, -0.2) is 33.2 Å². The van der Waals surface area contributed by atoms with Crippen molar-refractivity contribution in [2.45, 2.75) is 24.0 Å². The van der Waals surface area contributed by atoms with Gasteiger partial charge in [0.25, 0.3) is 10.0 Å². The SMILES string of the molecule is Cc1ccccc1CSCCCNC(=O)CN(c1ccccc1F)S(=O)(=O)c1ccccc1. The third-order valence-electron chi connectivity index (χ3n) is 5.05. The molecule has 0 saturated carbocycles. The van der Waals surface area contributed by atoms with Gasteiger partial charge in [0.1, 0.15) is 12.4 Å². The molecule has 1 amide bonds. The van der Waals surface area contributed by atoms with Crippen molar-refractivity contribution in [1.29, 1.82) is 0 Å². The van der Waals surface area contributed by atoms with Gasteiger partial charge in [0.15, 0.2) is 0 Å². The van der Waals surface area contributed by atoms with E-state index in [1.807, 2.05) is 12.1 Å². The van der Waals surface area contributed by atoms with Crippen LogP contribution in [0.5, 0.6) is 0 Å². The second-order valence-corrected chi connectivity index (χ2v) is 10.4. The summed E-state index contributed by atoms with van der Waals surface area (Å²) >= 11 is 1.78. The second-order valence-electron chi connectivity index (χ2n) is 7.46. The standard InChI is InChI=1S/C25H27FN2O3S2/c1-20-10-5-6-11-21(20)19-32-17-9-16-27-25(29)18-28(24-15-8-7-14-23(24)26)33(30,31)22-12-3-2-4-13-22/h2-8,10-15H,9,16-19H2,1H3,(H,27,29). The lowest BCUT2D eigenvalue weighted by Crippen LogP contribution is -2.41. The molecule has 0 heterocycles. The number of carbonyl (C=O) groups is 1. The lowest BCUT2D eigenvalue weighted by Gasteiger charge is -2.24. The van der Waals surface area contributed by atoms with Crippen LogP contribution in [0.4, 0.5) is 10.1 Å². The number of sulfonamides is 1. The Labute approximate surface area is 199 Å². The average molecular weight is 487 g/mol. The molecule has 5 nitrogen and oxygen atoms in total. The topological polar surface area (TPSA) is 66.5 Å². The van der Waals surface area contributed by atoms with Crippen LogP contribution in [0.1, 0.15) is 17.5 Å². The maximum absolute atomic E-state index is 14.5. The van der Waals surface area contributed by atoms with Crippen LogP contribution in [-0.2, 0) is 20.6 Å². The molecular formula is C25H27FN2O3S2. The number of aryl methyl sites for hydroxylation is 1. The molecule has 3 rings (SSSR count). The summed E-state index contributed by atoms with van der Waals surface area (Å²) in [5, 5.41) is 2.76. The molecule has 0 radical (unpaired) electrons. The van der Waals surface area contributed by atoms with Crippen LogP contribution in [0, 0.1) is 12.7 Å². The molecule has 0 bridgehead atoms. The number of hydrogen-bond donors (Lipinski definition) is 1. The molecule has 0 aliphatic rings. The number of rotatable bonds is 11. The number of thioether (sulfide) groups is 1. The highest BCUT2D eigenvalue weighted by atomic mass is 32.2. The fourth-order valence-corrected chi connectivity index (χ4v) is 5.70. The van der Waals surface area contributed by atoms with E-state index in [0.29, 0.717) is 6.54 Å². The molecule has 0 aliphatic carbocycles. The summed E-state index contributed by atoms with van der Waals surface area (Å²) in [6.07, 6.45) is 0.743. The quantitative estimate of drug-likeness (QED) is 0.397. The van der Waals surface area contributed by atoms with E-state index >= 15 is 0 Å². The van der Waals surface area contributed by atoms with Crippen molar-refractivity contribution in [3.8, 4) is 0 Å². The Balaban J connectivity index is 1.58. The first kappa shape index (κ1) is 24.8. The van der Waals surface area contributed by atoms with E-state index in [4.69, 9.17) is 0 Å². The molecule has 174 valence electrons. The minimum atomic E-state index is -4.12. The molecule has 0 saturated heterocycles. The van der Waals surface area contributed by atoms with E-state index in [0.717, 1.165) is 22.2 Å². The van der Waals surface area contributed by atoms with Crippen molar-refractivity contribution < 1.29 is 17.6 Å². The van der Waals surface area contributed by atoms with Gasteiger partial charge in [-0.15, -0.1) is 0 Å². The summed E-state index contributed by atoms with van der Waals surface area (Å²) in [5.74, 6) is 0.560. The summed E-state index contributed by atoms with van der Waals surface area (Å²) in [5.41, 5.74) is 2.38. The van der Waals surface area contributed by atoms with Crippen molar-refractivity contribution in [3.05, 3.63) is 95.8 Å². The van der Waals surface area contributed by atoms with Crippen LogP contribution in [0.3, 0.4) is 0 Å². The van der Waals surface area contributed by atoms with E-state index in [1.54, 1.807) is 30.0 Å². The Hall–Kier alpha value is -2.84. The molecule has 0 spiro atoms. The number of carbonyl (C=O) groups excluding carboxylic acids is 1. The third kappa shape index (κ3) is 6.82. The summed E-state index contributed by atoms with van der Waals surface area (Å²) < 4.78 is 41.6. The number of para-hydroxylation sites is 1. The summed E-state index contributed by atoms with van der Waals surface area (Å²) in [6.45, 7) is 1.99. The van der Waals surface area contributed by atoms with Gasteiger partial charge < -0.3 is 5.32 Å². The number of hydrogen-bond acceptors (Lipinski definition) is 4. The van der Waals surface area contributed by atoms with Crippen LogP contribution in [0.25, 0.3) is 0 Å². The number of amides is 1. The van der Waals surface area contributed by atoms with E-state index in [-0.39, 0.29) is 10.6 Å². The monoisotopic (exact) mass is 486 g/mol. The average Bonchev–Trinajstić information content (AvgIpc) is 2.82. The second kappa shape index (κ2) is 11.9. The van der Waals surface area contributed by atoms with E-state index in [9.17, 15) is 17.6 Å². The van der Waals surface area contributed by atoms with Gasteiger partial charge >= 0.3 is 0 Å². The van der Waals surface area contributed by atoms with Crippen molar-refractivity contribution in [2.75, 3.05) is 23.1 Å². The maximum atomic E-state index is 14.5. The molecule has 0 aliphatic heterocycles. The van der Waals surface area contributed by atoms with Gasteiger partial charge in [0, 0.05) is 12.3 Å². The highest BCUT2D eigenvalue weighted by Crippen LogP contribution is 2.26. The zero-order chi connectivity index (χ0) is 23.7. The van der Waals surface area contributed by atoms with Crippen molar-refractivity contribution in [3.63, 3.8) is 0 Å². The van der Waals surface area contributed by atoms with Gasteiger partial charge in [-0.25, -0.2) is 12.8 Å². The lowest BCUT2D eigenvalue weighted by atomic mass is 10.1. The van der Waals surface area contributed by atoms with Crippen LogP contribution in [0.2, 0.25) is 0 Å². The summed E-state index contributed by atoms with van der Waals surface area (Å²) in [6, 6.07) is 21.5. The molecule has 33 heavy (non-hydrogen) atoms. The van der Waals surface area contributed by atoms with Crippen molar-refractivity contribution in [1.82, 2.24) is 5.32 Å². The summed E-state index contributed by atoms with van der Waals surface area (Å²) in [7, 11) is -4.12. The maximum Gasteiger partial charge on any atom is 0.264 e. The molecule has 3 aromatic rings. The molecule has 0 aromatic heterocycles. The number of nitrogens with one attached hydrogen (secondary N) is 1. The molecule has 3 aromatic carbocycles. The fourth-order valence-electron chi connectivity index (χ4n) is 3.22. The highest BCUT2D eigenvalue weighted by Gasteiger charge is 2.28. The molecule has 0 fully saturated rings. The van der Waals surface area contributed by atoms with Gasteiger partial charge in [-0.2, -0.15) is 11.8 Å². The Bertz CT molecular complexity index is 1170. The fraction of sp³-hybridized carbons (Fsp3) is 0.240. The van der Waals surface area contributed by atoms with Gasteiger partial charge in [-0.05, 0) is 54.5 Å². The van der Waals surface area contributed by atoms with Crippen LogP contribution in [0.15, 0.2) is 83.8 Å². The highest BCUT2D eigenvalue weighted by molar-refractivity contribution is 7.98. The molecule has 1 N–H and O–H groups in total. The zero-order valence-corrected chi connectivity index (χ0v) is 20.0. The van der Waals surface area contributed by atoms with Crippen molar-refractivity contribution >= 4 is 33.4 Å². The predicted molar refractivity (Wildman–Crippen MR) is 132 cm³/mol. The Kier molecular flexibility index (Phi) is 8.91. The van der Waals surface area contributed by atoms with Gasteiger partial charge in [-0.3, -0.25) is 9.10 Å². The molecular weight excluding hydrogens is 459 g/mol. The number of nitrogens with zero attached hydrogens (tertiary/aromatic N) is 1. The molecule has 0 atom stereocenters. The number of anilines is 1. The van der Waals surface area contributed by atoms with Gasteiger partial charge in [-0.1, -0.05) is 54.6 Å². The Morgan fingerprint density at radius 3 is 2.36 bits per heavy atom. The third-order valence-corrected chi connectivity index (χ3v) is 7.91. The van der Waals surface area contributed by atoms with Crippen LogP contribution >= 0.6 is 11.8 Å². The smallest absolute Gasteiger partial charge is 0.264 e. The first-order chi connectivity index (χ1) is 15.9. The first-order valence-corrected chi connectivity index (χ1v) is 13.2. The summed E-state index contributed by atoms with van der Waals surface area (Å²) in [4.78, 5) is 12.6. The van der Waals surface area contributed by atoms with E-state index in [1.165, 1.54) is 47.5 Å². The number of halogens is 1. The Morgan fingerprint density at radius 2 is 1.64 bits per heavy atom. The van der Waals surface area contributed by atoms with E-state index < -0.39 is 28.3 Å². The normalized spacial score (nSPS) is 11.2. The van der Waals surface area contributed by atoms with Crippen molar-refractivity contribution in [2.24, 2.45) is 0 Å². The van der Waals surface area contributed by atoms with Gasteiger partial charge in [0.05, 0.1) is 10.6 Å². The molecule has 8 heteroatoms. The number of benzene rings is 3. The minimum Gasteiger partial charge on any atom is -0.354 e. The van der Waals surface area contributed by atoms with Gasteiger partial charge in [0.2, 0.25) is 5.91 Å². The predicted octanol–water partition coefficient (Wildman–Crippen LogP) is 4.77. The largest absolute Gasteiger partial charge is 0.354 e. The zero-order valence-electron chi connectivity index (χ0n) is 18.4.